The van der Waals surface area contributed by atoms with E-state index >= 15 is 0 Å². The molecule has 144 valence electrons. The minimum absolute atomic E-state index is 0.0435. The van der Waals surface area contributed by atoms with E-state index in [2.05, 4.69) is 20.7 Å². The number of rotatable bonds is 7. The highest BCUT2D eigenvalue weighted by Gasteiger charge is 2.73. The van der Waals surface area contributed by atoms with E-state index in [0.29, 0.717) is 10.5 Å². The number of ether oxygens (including phenoxy) is 2. The third-order valence-corrected chi connectivity index (χ3v) is 5.64. The summed E-state index contributed by atoms with van der Waals surface area (Å²) in [6, 6.07) is 4.24. The Morgan fingerprint density at radius 3 is 1.80 bits per heavy atom. The fraction of sp³-hybridized carbons (Fsp3) is 0.600. The second-order valence-corrected chi connectivity index (χ2v) is 13.2. The molecule has 0 aliphatic carbocycles. The van der Waals surface area contributed by atoms with E-state index in [4.69, 9.17) is 4.74 Å². The van der Waals surface area contributed by atoms with Gasteiger partial charge in [0.05, 0.1) is 0 Å². The highest BCUT2D eigenvalue weighted by molar-refractivity contribution is 9.10. The summed E-state index contributed by atoms with van der Waals surface area (Å²) >= 11 is 2.98. The van der Waals surface area contributed by atoms with Crippen LogP contribution in [0.2, 0.25) is 25.7 Å². The molecule has 0 aliphatic rings. The topological polar surface area (TPSA) is 18.5 Å². The Labute approximate surface area is 151 Å². The molecule has 0 amide bonds. The fourth-order valence-electron chi connectivity index (χ4n) is 1.99. The summed E-state index contributed by atoms with van der Waals surface area (Å²) < 4.78 is 90.3. The molecule has 0 aliphatic heterocycles. The average molecular weight is 453 g/mol. The summed E-state index contributed by atoms with van der Waals surface area (Å²) in [4.78, 5) is 0. The van der Waals surface area contributed by atoms with Gasteiger partial charge in [-0.2, -0.15) is 26.3 Å². The minimum atomic E-state index is -5.71. The van der Waals surface area contributed by atoms with Gasteiger partial charge in [0.15, 0.2) is 0 Å². The lowest BCUT2D eigenvalue weighted by Gasteiger charge is -2.37. The van der Waals surface area contributed by atoms with Crippen LogP contribution < -0.4 is 0 Å². The average Bonchev–Trinajstić information content (AvgIpc) is 2.40. The maximum absolute atomic E-state index is 13.5. The minimum Gasteiger partial charge on any atom is -0.356 e. The van der Waals surface area contributed by atoms with Gasteiger partial charge >= 0.3 is 12.4 Å². The Balaban J connectivity index is 3.09. The molecule has 1 aromatic rings. The smallest absolute Gasteiger partial charge is 0.356 e. The highest BCUT2D eigenvalue weighted by Crippen LogP contribution is 2.53. The lowest BCUT2D eigenvalue weighted by Crippen LogP contribution is -2.56. The van der Waals surface area contributed by atoms with Crippen LogP contribution in [0.15, 0.2) is 28.7 Å². The van der Waals surface area contributed by atoms with Gasteiger partial charge < -0.3 is 9.47 Å². The van der Waals surface area contributed by atoms with Crippen molar-refractivity contribution in [2.75, 3.05) is 13.4 Å². The first-order valence-corrected chi connectivity index (χ1v) is 11.8. The normalized spacial score (nSPS) is 14.0. The first-order valence-electron chi connectivity index (χ1n) is 7.32. The van der Waals surface area contributed by atoms with Gasteiger partial charge in [-0.3, -0.25) is 0 Å². The van der Waals surface area contributed by atoms with Crippen LogP contribution in [0.25, 0.3) is 0 Å². The van der Waals surface area contributed by atoms with Gasteiger partial charge in [-0.05, 0) is 18.2 Å². The van der Waals surface area contributed by atoms with Gasteiger partial charge in [-0.25, -0.2) is 0 Å². The lowest BCUT2D eigenvalue weighted by atomic mass is 9.92. The van der Waals surface area contributed by atoms with Crippen molar-refractivity contribution in [3.8, 4) is 0 Å². The first kappa shape index (κ1) is 22.5. The van der Waals surface area contributed by atoms with Crippen molar-refractivity contribution in [2.24, 2.45) is 0 Å². The molecule has 0 fully saturated rings. The maximum Gasteiger partial charge on any atom is 0.430 e. The molecule has 1 aromatic carbocycles. The molecule has 0 atom stereocenters. The number of hydrogen-bond acceptors (Lipinski definition) is 2. The molecule has 25 heavy (non-hydrogen) atoms. The van der Waals surface area contributed by atoms with Crippen molar-refractivity contribution in [2.45, 2.75) is 43.6 Å². The van der Waals surface area contributed by atoms with E-state index in [1.54, 1.807) is 0 Å². The summed E-state index contributed by atoms with van der Waals surface area (Å²) in [7, 11) is -1.53. The van der Waals surface area contributed by atoms with E-state index in [0.717, 1.165) is 24.3 Å². The molecule has 0 saturated heterocycles. The van der Waals surface area contributed by atoms with Gasteiger partial charge in [0.1, 0.15) is 6.79 Å². The molecular weight excluding hydrogens is 434 g/mol. The predicted octanol–water partition coefficient (Wildman–Crippen LogP) is 6.10. The molecule has 10 heteroatoms. The van der Waals surface area contributed by atoms with Crippen molar-refractivity contribution in [3.05, 3.63) is 34.3 Å². The van der Waals surface area contributed by atoms with Crippen LogP contribution in [-0.4, -0.2) is 33.8 Å². The molecule has 1 rings (SSSR count). The lowest BCUT2D eigenvalue weighted by molar-refractivity contribution is -0.401. The largest absolute Gasteiger partial charge is 0.430 e. The SMILES string of the molecule is C[Si](C)(C)CCOCOC(c1ccc(Br)cc1)(C(F)(F)F)C(F)(F)F. The monoisotopic (exact) mass is 452 g/mol. The third-order valence-electron chi connectivity index (χ3n) is 3.40. The summed E-state index contributed by atoms with van der Waals surface area (Å²) in [5.74, 6) is 0. The number of benzene rings is 1. The summed E-state index contributed by atoms with van der Waals surface area (Å²) in [5, 5.41) is 0. The maximum atomic E-state index is 13.5. The highest BCUT2D eigenvalue weighted by atomic mass is 79.9. The van der Waals surface area contributed by atoms with Crippen LogP contribution in [0.4, 0.5) is 26.3 Å². The van der Waals surface area contributed by atoms with E-state index in [-0.39, 0.29) is 6.61 Å². The zero-order chi connectivity index (χ0) is 19.5. The first-order chi connectivity index (χ1) is 11.2. The predicted molar refractivity (Wildman–Crippen MR) is 88.0 cm³/mol. The molecule has 0 aromatic heterocycles. The van der Waals surface area contributed by atoms with Crippen LogP contribution >= 0.6 is 15.9 Å². The van der Waals surface area contributed by atoms with Gasteiger partial charge in [0.25, 0.3) is 5.60 Å². The summed E-state index contributed by atoms with van der Waals surface area (Å²) in [6.07, 6.45) is -11.4. The molecule has 0 heterocycles. The third kappa shape index (κ3) is 5.70. The molecule has 0 spiro atoms. The van der Waals surface area contributed by atoms with E-state index < -0.39 is 38.4 Å². The van der Waals surface area contributed by atoms with Gasteiger partial charge in [-0.1, -0.05) is 47.7 Å². The van der Waals surface area contributed by atoms with Crippen molar-refractivity contribution in [1.82, 2.24) is 0 Å². The molecule has 0 N–H and O–H groups in total. The van der Waals surface area contributed by atoms with Gasteiger partial charge in [0.2, 0.25) is 0 Å². The van der Waals surface area contributed by atoms with E-state index in [1.165, 1.54) is 0 Å². The zero-order valence-corrected chi connectivity index (χ0v) is 16.5. The van der Waals surface area contributed by atoms with E-state index in [9.17, 15) is 26.3 Å². The Bertz CT molecular complexity index is 537. The molecular formula is C15H19BrF6O2Si. The Morgan fingerprint density at radius 1 is 0.920 bits per heavy atom. The molecule has 0 radical (unpaired) electrons. The summed E-state index contributed by atoms with van der Waals surface area (Å²) in [5.41, 5.74) is -5.50. The molecule has 0 saturated carbocycles. The van der Waals surface area contributed by atoms with Gasteiger partial charge in [-0.15, -0.1) is 0 Å². The second kappa shape index (κ2) is 7.97. The van der Waals surface area contributed by atoms with Gasteiger partial charge in [0, 0.05) is 24.7 Å². The molecule has 2 nitrogen and oxygen atoms in total. The van der Waals surface area contributed by atoms with Crippen LogP contribution in [-0.2, 0) is 15.1 Å². The van der Waals surface area contributed by atoms with Crippen molar-refractivity contribution in [3.63, 3.8) is 0 Å². The number of hydrogen-bond donors (Lipinski definition) is 0. The van der Waals surface area contributed by atoms with Crippen LogP contribution in [0.1, 0.15) is 5.56 Å². The Morgan fingerprint density at radius 2 is 1.40 bits per heavy atom. The van der Waals surface area contributed by atoms with Crippen LogP contribution in [0.5, 0.6) is 0 Å². The number of alkyl halides is 6. The van der Waals surface area contributed by atoms with Crippen LogP contribution in [0, 0.1) is 0 Å². The van der Waals surface area contributed by atoms with Crippen molar-refractivity contribution >= 4 is 24.0 Å². The van der Waals surface area contributed by atoms with Crippen LogP contribution in [0.3, 0.4) is 0 Å². The Kier molecular flexibility index (Phi) is 7.16. The standard InChI is InChI=1S/C15H19BrF6O2Si/c1-25(2,3)9-8-23-10-24-13(14(17,18)19,15(20,21)22)11-4-6-12(16)7-5-11/h4-7H,8-10H2,1-3H3. The second-order valence-electron chi connectivity index (χ2n) is 6.66. The molecule has 0 unspecified atom stereocenters. The molecule has 0 bridgehead atoms. The van der Waals surface area contributed by atoms with E-state index in [1.807, 2.05) is 19.6 Å². The van der Waals surface area contributed by atoms with Crippen molar-refractivity contribution in [1.29, 1.82) is 0 Å². The quantitative estimate of drug-likeness (QED) is 0.215. The number of halogens is 7. The van der Waals surface area contributed by atoms with Crippen molar-refractivity contribution < 1.29 is 35.8 Å². The zero-order valence-electron chi connectivity index (χ0n) is 13.9. The Hall–Kier alpha value is -0.583. The summed E-state index contributed by atoms with van der Waals surface area (Å²) in [6.45, 7) is 4.96. The fourth-order valence-corrected chi connectivity index (χ4v) is 3.01.